The van der Waals surface area contributed by atoms with Gasteiger partial charge in [0.05, 0.1) is 11.7 Å². The topological polar surface area (TPSA) is 83.5 Å². The van der Waals surface area contributed by atoms with E-state index in [4.69, 9.17) is 10.8 Å². The molecule has 0 aliphatic rings. The highest BCUT2D eigenvalue weighted by Crippen LogP contribution is 2.22. The number of benzene rings is 1. The molecule has 1 aromatic rings. The summed E-state index contributed by atoms with van der Waals surface area (Å²) in [7, 11) is 0. The highest BCUT2D eigenvalue weighted by atomic mass is 16.4. The van der Waals surface area contributed by atoms with Gasteiger partial charge >= 0.3 is 5.97 Å². The lowest BCUT2D eigenvalue weighted by molar-refractivity contribution is 0.0688. The molecule has 0 saturated carbocycles. The van der Waals surface area contributed by atoms with Crippen molar-refractivity contribution < 1.29 is 15.0 Å². The largest absolute Gasteiger partial charge is 0.478 e. The highest BCUT2D eigenvalue weighted by molar-refractivity contribution is 5.89. The van der Waals surface area contributed by atoms with Gasteiger partial charge in [0.2, 0.25) is 0 Å². The van der Waals surface area contributed by atoms with Crippen LogP contribution in [0.1, 0.15) is 87.7 Å². The number of unbranched alkanes of at least 4 members (excludes halogenated alkanes) is 3. The minimum Gasteiger partial charge on any atom is -0.478 e. The third kappa shape index (κ3) is 10.1. The van der Waals surface area contributed by atoms with E-state index in [9.17, 15) is 9.90 Å². The van der Waals surface area contributed by atoms with Crippen LogP contribution in [0.4, 0.5) is 0 Å². The van der Waals surface area contributed by atoms with Crippen LogP contribution in [-0.2, 0) is 0 Å². The van der Waals surface area contributed by atoms with Crippen LogP contribution in [0.3, 0.4) is 0 Å². The Morgan fingerprint density at radius 3 is 2.22 bits per heavy atom. The number of hydrogen-bond acceptors (Lipinski definition) is 3. The standard InChI is InChI=1S/C12H16O3.C7H17N/c1-2-3-8-11(13)9-6-4-5-7-10(9)12(14)15;1-3-4-5-6-7(2)8/h4-7,11,13H,2-3,8H2,1H3,(H,14,15);7H,3-6,8H2,1-2H3. The van der Waals surface area contributed by atoms with Crippen LogP contribution in [-0.4, -0.2) is 22.2 Å². The molecule has 0 saturated heterocycles. The van der Waals surface area contributed by atoms with E-state index in [-0.39, 0.29) is 5.56 Å². The van der Waals surface area contributed by atoms with E-state index in [0.717, 1.165) is 12.8 Å². The molecule has 4 heteroatoms. The number of aromatic carboxylic acids is 1. The van der Waals surface area contributed by atoms with Gasteiger partial charge in [-0.1, -0.05) is 64.2 Å². The molecule has 0 radical (unpaired) electrons. The molecule has 23 heavy (non-hydrogen) atoms. The molecule has 0 aromatic heterocycles. The van der Waals surface area contributed by atoms with E-state index >= 15 is 0 Å². The van der Waals surface area contributed by atoms with Gasteiger partial charge in [0.15, 0.2) is 0 Å². The summed E-state index contributed by atoms with van der Waals surface area (Å²) in [6.45, 7) is 6.31. The van der Waals surface area contributed by atoms with E-state index in [1.807, 2.05) is 6.92 Å². The SMILES string of the molecule is CCCCC(O)c1ccccc1C(=O)O.CCCCCC(C)N. The van der Waals surface area contributed by atoms with Gasteiger partial charge in [0.1, 0.15) is 0 Å². The Kier molecular flexibility index (Phi) is 12.3. The molecule has 0 bridgehead atoms. The fourth-order valence-corrected chi connectivity index (χ4v) is 2.25. The number of hydrogen-bond donors (Lipinski definition) is 3. The Labute approximate surface area is 140 Å². The third-order valence-corrected chi connectivity index (χ3v) is 3.64. The molecular weight excluding hydrogens is 290 g/mol. The number of carboxylic acid groups (broad SMARTS) is 1. The summed E-state index contributed by atoms with van der Waals surface area (Å²) in [5, 5.41) is 18.7. The van der Waals surface area contributed by atoms with E-state index in [2.05, 4.69) is 13.8 Å². The van der Waals surface area contributed by atoms with Gasteiger partial charge in [0.25, 0.3) is 0 Å². The third-order valence-electron chi connectivity index (χ3n) is 3.64. The van der Waals surface area contributed by atoms with Crippen LogP contribution in [0.15, 0.2) is 24.3 Å². The zero-order valence-electron chi connectivity index (χ0n) is 14.8. The molecular formula is C19H33NO3. The summed E-state index contributed by atoms with van der Waals surface area (Å²) in [6, 6.07) is 7.01. The van der Waals surface area contributed by atoms with Crippen LogP contribution in [0.2, 0.25) is 0 Å². The van der Waals surface area contributed by atoms with Gasteiger partial charge in [0, 0.05) is 6.04 Å². The van der Waals surface area contributed by atoms with Crippen LogP contribution in [0.5, 0.6) is 0 Å². The summed E-state index contributed by atoms with van der Waals surface area (Å²) >= 11 is 0. The molecule has 4 N–H and O–H groups in total. The van der Waals surface area contributed by atoms with Crippen molar-refractivity contribution in [3.05, 3.63) is 35.4 Å². The highest BCUT2D eigenvalue weighted by Gasteiger charge is 2.15. The second-order valence-corrected chi connectivity index (χ2v) is 6.02. The Morgan fingerprint density at radius 2 is 1.70 bits per heavy atom. The summed E-state index contributed by atoms with van der Waals surface area (Å²) in [4.78, 5) is 10.9. The predicted molar refractivity (Wildman–Crippen MR) is 95.7 cm³/mol. The van der Waals surface area contributed by atoms with Crippen molar-refractivity contribution in [2.45, 2.75) is 77.9 Å². The Balaban J connectivity index is 0.000000515. The maximum atomic E-state index is 10.9. The molecule has 1 aromatic carbocycles. The van der Waals surface area contributed by atoms with Gasteiger partial charge in [-0.2, -0.15) is 0 Å². The fourth-order valence-electron chi connectivity index (χ4n) is 2.25. The first-order chi connectivity index (χ1) is 10.9. The van der Waals surface area contributed by atoms with E-state index in [1.165, 1.54) is 31.7 Å². The Morgan fingerprint density at radius 1 is 1.09 bits per heavy atom. The number of carboxylic acids is 1. The van der Waals surface area contributed by atoms with Gasteiger partial charge in [-0.15, -0.1) is 0 Å². The maximum Gasteiger partial charge on any atom is 0.336 e. The second kappa shape index (κ2) is 13.1. The van der Waals surface area contributed by atoms with Gasteiger partial charge < -0.3 is 15.9 Å². The molecule has 1 rings (SSSR count). The molecule has 4 nitrogen and oxygen atoms in total. The van der Waals surface area contributed by atoms with Gasteiger partial charge in [-0.3, -0.25) is 0 Å². The zero-order valence-corrected chi connectivity index (χ0v) is 14.8. The summed E-state index contributed by atoms with van der Waals surface area (Å²) < 4.78 is 0. The summed E-state index contributed by atoms with van der Waals surface area (Å²) in [5.74, 6) is -0.985. The van der Waals surface area contributed by atoms with Crippen LogP contribution < -0.4 is 5.73 Å². The molecule has 0 fully saturated rings. The minimum absolute atomic E-state index is 0.195. The number of aliphatic hydroxyl groups excluding tert-OH is 1. The summed E-state index contributed by atoms with van der Waals surface area (Å²) in [5.41, 5.74) is 6.24. The zero-order chi connectivity index (χ0) is 17.7. The van der Waals surface area contributed by atoms with Crippen molar-refractivity contribution in [1.29, 1.82) is 0 Å². The van der Waals surface area contributed by atoms with Crippen LogP contribution in [0.25, 0.3) is 0 Å². The van der Waals surface area contributed by atoms with Crippen molar-refractivity contribution in [2.24, 2.45) is 5.73 Å². The number of carbonyl (C=O) groups is 1. The molecule has 0 heterocycles. The Hall–Kier alpha value is -1.39. The molecule has 0 aliphatic heterocycles. The molecule has 2 unspecified atom stereocenters. The normalized spacial score (nSPS) is 12.9. The Bertz CT molecular complexity index is 432. The smallest absolute Gasteiger partial charge is 0.336 e. The molecule has 132 valence electrons. The number of rotatable bonds is 9. The lowest BCUT2D eigenvalue weighted by Gasteiger charge is -2.12. The average Bonchev–Trinajstić information content (AvgIpc) is 2.53. The van der Waals surface area contributed by atoms with Crippen LogP contribution >= 0.6 is 0 Å². The first kappa shape index (κ1) is 21.6. The van der Waals surface area contributed by atoms with Crippen LogP contribution in [0, 0.1) is 0 Å². The first-order valence-corrected chi connectivity index (χ1v) is 8.69. The number of nitrogens with two attached hydrogens (primary N) is 1. The van der Waals surface area contributed by atoms with E-state index in [0.29, 0.717) is 18.0 Å². The lowest BCUT2D eigenvalue weighted by Crippen LogP contribution is -2.13. The van der Waals surface area contributed by atoms with Crippen molar-refractivity contribution in [1.82, 2.24) is 0 Å². The molecule has 0 spiro atoms. The minimum atomic E-state index is -0.985. The van der Waals surface area contributed by atoms with Crippen molar-refractivity contribution in [3.8, 4) is 0 Å². The fraction of sp³-hybridized carbons (Fsp3) is 0.632. The number of aliphatic hydroxyl groups is 1. The quantitative estimate of drug-likeness (QED) is 0.583. The van der Waals surface area contributed by atoms with Crippen molar-refractivity contribution in [3.63, 3.8) is 0 Å². The first-order valence-electron chi connectivity index (χ1n) is 8.69. The second-order valence-electron chi connectivity index (χ2n) is 6.02. The van der Waals surface area contributed by atoms with Gasteiger partial charge in [-0.25, -0.2) is 4.79 Å². The average molecular weight is 323 g/mol. The van der Waals surface area contributed by atoms with Crippen molar-refractivity contribution in [2.75, 3.05) is 0 Å². The maximum absolute atomic E-state index is 10.9. The lowest BCUT2D eigenvalue weighted by atomic mass is 9.99. The molecule has 0 amide bonds. The van der Waals surface area contributed by atoms with E-state index < -0.39 is 12.1 Å². The molecule has 2 atom stereocenters. The summed E-state index contributed by atoms with van der Waals surface area (Å²) in [6.07, 6.45) is 6.95. The van der Waals surface area contributed by atoms with E-state index in [1.54, 1.807) is 18.2 Å². The van der Waals surface area contributed by atoms with Crippen molar-refractivity contribution >= 4 is 5.97 Å². The molecule has 0 aliphatic carbocycles. The van der Waals surface area contributed by atoms with Gasteiger partial charge in [-0.05, 0) is 31.4 Å². The predicted octanol–water partition coefficient (Wildman–Crippen LogP) is 4.52. The monoisotopic (exact) mass is 323 g/mol.